The van der Waals surface area contributed by atoms with Crippen molar-refractivity contribution >= 4 is 22.8 Å². The third-order valence-electron chi connectivity index (χ3n) is 6.61. The number of anilines is 1. The summed E-state index contributed by atoms with van der Waals surface area (Å²) >= 11 is 0. The summed E-state index contributed by atoms with van der Waals surface area (Å²) in [6.07, 6.45) is -1.72. The van der Waals surface area contributed by atoms with Crippen LogP contribution >= 0.6 is 0 Å². The van der Waals surface area contributed by atoms with Crippen LogP contribution in [0.15, 0.2) is 35.4 Å². The van der Waals surface area contributed by atoms with E-state index >= 15 is 0 Å². The summed E-state index contributed by atoms with van der Waals surface area (Å²) in [5.74, 6) is -1.23. The van der Waals surface area contributed by atoms with E-state index in [1.54, 1.807) is 11.8 Å². The fourth-order valence-electron chi connectivity index (χ4n) is 4.58. The molecule has 1 atom stereocenters. The predicted octanol–water partition coefficient (Wildman–Crippen LogP) is 2.82. The molecule has 2 saturated heterocycles. The SMILES string of the molecule is C[C@@H](Nc1ncnc2c1cc(C(=O)N1CCOC3(COC3)C1)c(=O)n2C)c1cccc(C(F)F)c1F. The first-order chi connectivity index (χ1) is 17.2. The van der Waals surface area contributed by atoms with Crippen LogP contribution in [0, 0.1) is 5.82 Å². The fourth-order valence-corrected chi connectivity index (χ4v) is 4.58. The van der Waals surface area contributed by atoms with Crippen molar-refractivity contribution in [1.82, 2.24) is 19.4 Å². The highest BCUT2D eigenvalue weighted by Crippen LogP contribution is 2.31. The Morgan fingerprint density at radius 2 is 1.97 bits per heavy atom. The largest absolute Gasteiger partial charge is 0.375 e. The number of benzene rings is 1. The lowest BCUT2D eigenvalue weighted by Crippen LogP contribution is -2.63. The number of amides is 1. The molecule has 9 nitrogen and oxygen atoms in total. The maximum absolute atomic E-state index is 14.7. The number of morpholine rings is 1. The summed E-state index contributed by atoms with van der Waals surface area (Å²) in [5.41, 5.74) is -1.54. The number of nitrogens with zero attached hydrogens (tertiary/aromatic N) is 4. The quantitative estimate of drug-likeness (QED) is 0.572. The van der Waals surface area contributed by atoms with E-state index in [1.807, 2.05) is 0 Å². The third-order valence-corrected chi connectivity index (χ3v) is 6.61. The topological polar surface area (TPSA) is 98.6 Å². The van der Waals surface area contributed by atoms with Crippen molar-refractivity contribution in [3.05, 3.63) is 63.5 Å². The summed E-state index contributed by atoms with van der Waals surface area (Å²) in [4.78, 5) is 36.4. The van der Waals surface area contributed by atoms with Crippen LogP contribution in [-0.2, 0) is 16.5 Å². The number of alkyl halides is 2. The van der Waals surface area contributed by atoms with E-state index in [9.17, 15) is 22.8 Å². The van der Waals surface area contributed by atoms with Crippen LogP contribution in [0.1, 0.15) is 40.9 Å². The number of hydrogen-bond acceptors (Lipinski definition) is 7. The summed E-state index contributed by atoms with van der Waals surface area (Å²) in [6.45, 7) is 3.34. The molecule has 3 aromatic rings. The van der Waals surface area contributed by atoms with Crippen molar-refractivity contribution in [3.63, 3.8) is 0 Å². The average molecular weight is 503 g/mol. The van der Waals surface area contributed by atoms with Crippen LogP contribution in [0.3, 0.4) is 0 Å². The smallest absolute Gasteiger partial charge is 0.266 e. The van der Waals surface area contributed by atoms with Gasteiger partial charge in [0.25, 0.3) is 17.9 Å². The molecule has 0 unspecified atom stereocenters. The molecule has 1 N–H and O–H groups in total. The first-order valence-corrected chi connectivity index (χ1v) is 11.4. The Balaban J connectivity index is 1.51. The van der Waals surface area contributed by atoms with Gasteiger partial charge in [0.15, 0.2) is 0 Å². The Labute approximate surface area is 203 Å². The summed E-state index contributed by atoms with van der Waals surface area (Å²) in [6, 6.07) is 4.47. The molecule has 1 spiro atoms. The minimum absolute atomic E-state index is 0.0296. The molecule has 190 valence electrons. The molecule has 2 fully saturated rings. The van der Waals surface area contributed by atoms with E-state index < -0.39 is 40.9 Å². The van der Waals surface area contributed by atoms with Crippen molar-refractivity contribution in [2.75, 3.05) is 38.2 Å². The van der Waals surface area contributed by atoms with Crippen LogP contribution in [0.5, 0.6) is 0 Å². The zero-order chi connectivity index (χ0) is 25.6. The lowest BCUT2D eigenvalue weighted by atomic mass is 9.99. The second kappa shape index (κ2) is 9.17. The van der Waals surface area contributed by atoms with E-state index in [1.165, 1.54) is 36.1 Å². The number of nitrogens with one attached hydrogen (secondary N) is 1. The molecule has 4 heterocycles. The first-order valence-electron chi connectivity index (χ1n) is 11.4. The van der Waals surface area contributed by atoms with E-state index in [4.69, 9.17) is 9.47 Å². The van der Waals surface area contributed by atoms with Gasteiger partial charge < -0.3 is 19.7 Å². The molecule has 0 bridgehead atoms. The fraction of sp³-hybridized carbons (Fsp3) is 0.417. The third kappa shape index (κ3) is 4.09. The minimum atomic E-state index is -2.95. The second-order valence-electron chi connectivity index (χ2n) is 9.05. The molecule has 0 aliphatic carbocycles. The summed E-state index contributed by atoms with van der Waals surface area (Å²) in [7, 11) is 1.49. The van der Waals surface area contributed by atoms with Gasteiger partial charge in [-0.2, -0.15) is 0 Å². The molecule has 36 heavy (non-hydrogen) atoms. The van der Waals surface area contributed by atoms with Gasteiger partial charge in [0.05, 0.1) is 43.4 Å². The average Bonchev–Trinajstić information content (AvgIpc) is 2.85. The van der Waals surface area contributed by atoms with Crippen LogP contribution < -0.4 is 10.9 Å². The highest BCUT2D eigenvalue weighted by Gasteiger charge is 2.45. The number of aromatic nitrogens is 3. The van der Waals surface area contributed by atoms with Crippen molar-refractivity contribution in [1.29, 1.82) is 0 Å². The van der Waals surface area contributed by atoms with Crippen LogP contribution in [0.25, 0.3) is 11.0 Å². The molecule has 5 rings (SSSR count). The number of fused-ring (bicyclic) bond motifs is 1. The molecular formula is C24H24F3N5O4. The zero-order valence-corrected chi connectivity index (χ0v) is 19.6. The Kier molecular flexibility index (Phi) is 6.17. The van der Waals surface area contributed by atoms with Gasteiger partial charge >= 0.3 is 0 Å². The van der Waals surface area contributed by atoms with E-state index in [2.05, 4.69) is 15.3 Å². The van der Waals surface area contributed by atoms with Crippen LogP contribution in [0.2, 0.25) is 0 Å². The normalized spacial score (nSPS) is 17.9. The number of carbonyl (C=O) groups excluding carboxylic acids is 1. The van der Waals surface area contributed by atoms with Gasteiger partial charge in [-0.15, -0.1) is 0 Å². The molecule has 1 amide bonds. The highest BCUT2D eigenvalue weighted by molar-refractivity contribution is 5.99. The number of aryl methyl sites for hydroxylation is 1. The van der Waals surface area contributed by atoms with Gasteiger partial charge in [-0.05, 0) is 13.0 Å². The van der Waals surface area contributed by atoms with Gasteiger partial charge in [-0.1, -0.05) is 18.2 Å². The zero-order valence-electron chi connectivity index (χ0n) is 19.6. The molecule has 1 aromatic carbocycles. The Hall–Kier alpha value is -3.51. The highest BCUT2D eigenvalue weighted by atomic mass is 19.3. The number of halogens is 3. The summed E-state index contributed by atoms with van der Waals surface area (Å²) < 4.78 is 53.3. The maximum Gasteiger partial charge on any atom is 0.266 e. The van der Waals surface area contributed by atoms with Gasteiger partial charge in [-0.25, -0.2) is 23.1 Å². The lowest BCUT2D eigenvalue weighted by molar-refractivity contribution is -0.232. The van der Waals surface area contributed by atoms with Crippen molar-refractivity contribution < 1.29 is 27.4 Å². The Morgan fingerprint density at radius 1 is 1.22 bits per heavy atom. The number of rotatable bonds is 5. The number of hydrogen-bond donors (Lipinski definition) is 1. The van der Waals surface area contributed by atoms with Gasteiger partial charge in [0.1, 0.15) is 34.8 Å². The molecule has 2 aliphatic heterocycles. The second-order valence-corrected chi connectivity index (χ2v) is 9.05. The van der Waals surface area contributed by atoms with Gasteiger partial charge in [0.2, 0.25) is 0 Å². The number of carbonyl (C=O) groups is 1. The number of pyridine rings is 1. The maximum atomic E-state index is 14.7. The van der Waals surface area contributed by atoms with Crippen molar-refractivity contribution in [3.8, 4) is 0 Å². The molecular weight excluding hydrogens is 479 g/mol. The Bertz CT molecular complexity index is 1390. The van der Waals surface area contributed by atoms with Gasteiger partial charge in [0, 0.05) is 19.2 Å². The van der Waals surface area contributed by atoms with Crippen molar-refractivity contribution in [2.45, 2.75) is 25.0 Å². The summed E-state index contributed by atoms with van der Waals surface area (Å²) in [5, 5.41) is 3.38. The predicted molar refractivity (Wildman–Crippen MR) is 124 cm³/mol. The Morgan fingerprint density at radius 3 is 2.67 bits per heavy atom. The van der Waals surface area contributed by atoms with Gasteiger partial charge in [-0.3, -0.25) is 14.2 Å². The molecule has 2 aromatic heterocycles. The molecule has 2 aliphatic rings. The molecule has 12 heteroatoms. The minimum Gasteiger partial charge on any atom is -0.375 e. The van der Waals surface area contributed by atoms with E-state index in [0.717, 1.165) is 6.07 Å². The number of ether oxygens (including phenoxy) is 2. The lowest BCUT2D eigenvalue weighted by Gasteiger charge is -2.47. The standard InChI is InChI=1S/C24H24F3N5O4/c1-13(14-4-3-5-15(18(14)25)19(26)27)30-20-16-8-17(22(33)31(2)21(16)29-12-28-20)23(34)32-6-7-36-24(9-32)10-35-11-24/h3-5,8,12-13,19H,6-7,9-11H2,1-2H3,(H,28,29,30)/t13-/m1/s1. The van der Waals surface area contributed by atoms with Crippen LogP contribution in [-0.4, -0.2) is 63.9 Å². The van der Waals surface area contributed by atoms with Crippen molar-refractivity contribution in [2.24, 2.45) is 7.05 Å². The van der Waals surface area contributed by atoms with E-state index in [0.29, 0.717) is 38.3 Å². The van der Waals surface area contributed by atoms with E-state index in [-0.39, 0.29) is 22.6 Å². The molecule has 0 radical (unpaired) electrons. The monoisotopic (exact) mass is 503 g/mol. The first kappa shape index (κ1) is 24.2. The van der Waals surface area contributed by atoms with Crippen LogP contribution in [0.4, 0.5) is 19.0 Å². The molecule has 0 saturated carbocycles.